The molecule has 2 aliphatic rings. The van der Waals surface area contributed by atoms with Crippen molar-refractivity contribution in [2.75, 3.05) is 41.8 Å². The van der Waals surface area contributed by atoms with Crippen molar-refractivity contribution in [3.8, 4) is 0 Å². The van der Waals surface area contributed by atoms with E-state index in [-0.39, 0.29) is 35.8 Å². The molecule has 20 nitrogen and oxygen atoms in total. The van der Waals surface area contributed by atoms with Gasteiger partial charge in [0.25, 0.3) is 0 Å². The minimum atomic E-state index is -3.88. The third kappa shape index (κ3) is 8.16. The summed E-state index contributed by atoms with van der Waals surface area (Å²) in [5, 5.41) is 58.1. The lowest BCUT2D eigenvalue weighted by molar-refractivity contribution is -0.0384. The highest BCUT2D eigenvalue weighted by molar-refractivity contribution is 7.89. The molecule has 2 saturated heterocycles. The van der Waals surface area contributed by atoms with Crippen LogP contribution in [0.2, 0.25) is 0 Å². The van der Waals surface area contributed by atoms with Crippen LogP contribution in [-0.4, -0.2) is 114 Å². The van der Waals surface area contributed by atoms with E-state index in [1.165, 1.54) is 40.0 Å². The summed E-state index contributed by atoms with van der Waals surface area (Å²) in [5.41, 5.74) is 3.28. The van der Waals surface area contributed by atoms with E-state index in [4.69, 9.17) is 19.8 Å². The second-order valence-corrected chi connectivity index (χ2v) is 15.5. The molecule has 3 aromatic heterocycles. The van der Waals surface area contributed by atoms with Gasteiger partial charge in [-0.2, -0.15) is 14.8 Å². The van der Waals surface area contributed by atoms with Gasteiger partial charge in [0, 0.05) is 37.3 Å². The number of hydrogen-bond donors (Lipinski definition) is 7. The summed E-state index contributed by atoms with van der Waals surface area (Å²) in [6, 6.07) is 24.9. The van der Waals surface area contributed by atoms with Gasteiger partial charge in [0.05, 0.1) is 24.4 Å². The number of amides is 2. The number of aliphatic hydroxyl groups excluding tert-OH is 3. The second-order valence-electron chi connectivity index (χ2n) is 13.9. The van der Waals surface area contributed by atoms with Gasteiger partial charge in [0.2, 0.25) is 21.8 Å². The number of fused-ring (bicyclic) bond motifs is 1. The van der Waals surface area contributed by atoms with Crippen LogP contribution in [0, 0.1) is 0 Å². The predicted molar refractivity (Wildman–Crippen MR) is 209 cm³/mol. The first-order valence-corrected chi connectivity index (χ1v) is 20.0. The largest absolute Gasteiger partial charge is 0.394 e. The molecule has 2 fully saturated rings. The molecule has 0 radical (unpaired) electrons. The fourth-order valence-electron chi connectivity index (χ4n) is 7.15. The molecule has 2 amide bonds. The van der Waals surface area contributed by atoms with E-state index in [9.17, 15) is 28.5 Å². The molecule has 302 valence electrons. The molecular weight excluding hydrogens is 771 g/mol. The van der Waals surface area contributed by atoms with E-state index in [0.29, 0.717) is 54.7 Å². The number of carbonyl (C=O) groups is 1. The van der Waals surface area contributed by atoms with Crippen LogP contribution >= 0.6 is 0 Å². The molecule has 0 aliphatic carbocycles. The maximum Gasteiger partial charge on any atom is 0.319 e. The van der Waals surface area contributed by atoms with Gasteiger partial charge in [0.15, 0.2) is 29.3 Å². The normalized spacial score (nSPS) is 20.8. The minimum absolute atomic E-state index is 0.0395. The number of carbonyl (C=O) groups excluding carboxylic acids is 1. The summed E-state index contributed by atoms with van der Waals surface area (Å²) in [4.78, 5) is 30.5. The van der Waals surface area contributed by atoms with Crippen molar-refractivity contribution in [2.45, 2.75) is 54.4 Å². The Bertz CT molecular complexity index is 2430. The molecule has 58 heavy (non-hydrogen) atoms. The number of nitrogens with one attached hydrogen (secondary N) is 3. The molecule has 5 heterocycles. The Morgan fingerprint density at radius 3 is 2.34 bits per heavy atom. The molecule has 0 spiro atoms. The Morgan fingerprint density at radius 2 is 1.67 bits per heavy atom. The van der Waals surface area contributed by atoms with Gasteiger partial charge < -0.3 is 40.9 Å². The highest BCUT2D eigenvalue weighted by atomic mass is 32.2. The van der Waals surface area contributed by atoms with Gasteiger partial charge in [-0.05, 0) is 47.0 Å². The lowest BCUT2D eigenvalue weighted by Gasteiger charge is -2.22. The third-order valence-electron chi connectivity index (χ3n) is 10.1. The number of primary sulfonamides is 1. The summed E-state index contributed by atoms with van der Waals surface area (Å²) in [6.07, 6.45) is -3.11. The molecule has 8 N–H and O–H groups in total. The molecule has 2 aliphatic heterocycles. The number of anilines is 3. The van der Waals surface area contributed by atoms with Crippen molar-refractivity contribution in [2.24, 2.45) is 5.14 Å². The number of nitrogens with two attached hydrogens (primary N) is 1. The van der Waals surface area contributed by atoms with Gasteiger partial charge in [-0.1, -0.05) is 60.7 Å². The van der Waals surface area contributed by atoms with Crippen LogP contribution in [0.25, 0.3) is 11.2 Å². The van der Waals surface area contributed by atoms with Gasteiger partial charge in [-0.25, -0.2) is 23.3 Å². The lowest BCUT2D eigenvalue weighted by atomic mass is 9.91. The molecule has 6 aromatic rings. The Kier molecular flexibility index (Phi) is 11.0. The first-order chi connectivity index (χ1) is 28.1. The molecule has 5 atom stereocenters. The third-order valence-corrected chi connectivity index (χ3v) is 11.0. The molecule has 8 rings (SSSR count). The Hall–Kier alpha value is -6.10. The fraction of sp³-hybridized carbons (Fsp3) is 0.324. The van der Waals surface area contributed by atoms with Crippen LogP contribution in [0.5, 0.6) is 0 Å². The second kappa shape index (κ2) is 16.4. The van der Waals surface area contributed by atoms with Gasteiger partial charge in [0.1, 0.15) is 12.2 Å². The van der Waals surface area contributed by atoms with Crippen LogP contribution in [0.15, 0.2) is 96.2 Å². The number of tetrazole rings is 1. The molecule has 0 unspecified atom stereocenters. The smallest absolute Gasteiger partial charge is 0.319 e. The molecule has 21 heteroatoms. The standard InChI is InChI=1S/C37H41N13O7S/c38-58(55,56)26-13-11-24(12-14-26)41-37(54)42-25-15-16-48(20-25)36-43-32(39-19-27(22-7-3-1-4-8-22)23-9-5-2-6-10-23)28-34(44-36)49(21-40-28)35-30(53)29(52)31(57-35)33-45-47-50(46-33)17-18-51/h1-14,21,25,27,29-31,35,51-53H,15-20H2,(H2,38,55,56)(H,39,43,44)(H2,41,42,54)/t25-,29+,30+,31+,35-/m1/s1. The van der Waals surface area contributed by atoms with Gasteiger partial charge in [-0.3, -0.25) is 4.57 Å². The van der Waals surface area contributed by atoms with E-state index in [2.05, 4.69) is 60.6 Å². The maximum atomic E-state index is 13.0. The predicted octanol–water partition coefficient (Wildman–Crippen LogP) is 1.09. The summed E-state index contributed by atoms with van der Waals surface area (Å²) in [5.74, 6) is 0.730. The van der Waals surface area contributed by atoms with Crippen molar-refractivity contribution in [1.82, 2.24) is 45.0 Å². The monoisotopic (exact) mass is 811 g/mol. The zero-order valence-corrected chi connectivity index (χ0v) is 31.7. The quantitative estimate of drug-likeness (QED) is 0.0860. The zero-order valence-electron chi connectivity index (χ0n) is 30.9. The lowest BCUT2D eigenvalue weighted by Crippen LogP contribution is -2.40. The number of aromatic nitrogens is 8. The van der Waals surface area contributed by atoms with Crippen molar-refractivity contribution in [3.05, 3.63) is 108 Å². The number of nitrogens with zero attached hydrogens (tertiary/aromatic N) is 9. The Balaban J connectivity index is 1.07. The fourth-order valence-corrected chi connectivity index (χ4v) is 7.67. The van der Waals surface area contributed by atoms with Gasteiger partial charge in [-0.15, -0.1) is 10.2 Å². The number of aliphatic hydroxyl groups is 3. The number of benzene rings is 3. The molecule has 0 bridgehead atoms. The first-order valence-electron chi connectivity index (χ1n) is 18.5. The Morgan fingerprint density at radius 1 is 0.966 bits per heavy atom. The number of hydrogen-bond acceptors (Lipinski definition) is 15. The summed E-state index contributed by atoms with van der Waals surface area (Å²) >= 11 is 0. The maximum absolute atomic E-state index is 13.0. The van der Waals surface area contributed by atoms with Crippen LogP contribution in [0.3, 0.4) is 0 Å². The van der Waals surface area contributed by atoms with Crippen molar-refractivity contribution >= 4 is 44.7 Å². The zero-order chi connectivity index (χ0) is 40.4. The first kappa shape index (κ1) is 38.8. The van der Waals surface area contributed by atoms with Crippen molar-refractivity contribution in [3.63, 3.8) is 0 Å². The molecular formula is C37H41N13O7S. The van der Waals surface area contributed by atoms with Crippen molar-refractivity contribution in [1.29, 1.82) is 0 Å². The number of ether oxygens (including phenoxy) is 1. The topological polar surface area (TPSA) is 274 Å². The minimum Gasteiger partial charge on any atom is -0.394 e. The van der Waals surface area contributed by atoms with Crippen LogP contribution in [-0.2, 0) is 21.3 Å². The SMILES string of the molecule is NS(=O)(=O)c1ccc(NC(=O)N[C@@H]2CCN(c3nc(NCC(c4ccccc4)c4ccccc4)c4ncn([C@@H]5O[C@H](c6nnn(CCO)n6)[C@@H](O)[C@@H]5O)c4n3)C2)cc1. The van der Waals surface area contributed by atoms with E-state index in [1.54, 1.807) is 0 Å². The van der Waals surface area contributed by atoms with Crippen LogP contribution in [0.4, 0.5) is 22.2 Å². The summed E-state index contributed by atoms with van der Waals surface area (Å²) < 4.78 is 30.9. The van der Waals surface area contributed by atoms with Gasteiger partial charge >= 0.3 is 6.03 Å². The van der Waals surface area contributed by atoms with Crippen molar-refractivity contribution < 1.29 is 33.3 Å². The number of urea groups is 1. The summed E-state index contributed by atoms with van der Waals surface area (Å²) in [7, 11) is -3.88. The number of rotatable bonds is 13. The number of sulfonamides is 1. The van der Waals surface area contributed by atoms with E-state index in [1.807, 2.05) is 41.3 Å². The van der Waals surface area contributed by atoms with Crippen LogP contribution in [0.1, 0.15) is 41.6 Å². The van der Waals surface area contributed by atoms with Crippen LogP contribution < -0.4 is 26.0 Å². The molecule has 3 aromatic carbocycles. The Labute approximate surface area is 331 Å². The molecule has 0 saturated carbocycles. The average Bonchev–Trinajstić information content (AvgIpc) is 4.03. The van der Waals surface area contributed by atoms with E-state index in [0.717, 1.165) is 11.1 Å². The summed E-state index contributed by atoms with van der Waals surface area (Å²) in [6.45, 7) is 1.16. The van der Waals surface area contributed by atoms with E-state index >= 15 is 0 Å². The van der Waals surface area contributed by atoms with E-state index < -0.39 is 40.6 Å². The highest BCUT2D eigenvalue weighted by Gasteiger charge is 2.47. The highest BCUT2D eigenvalue weighted by Crippen LogP contribution is 2.39. The average molecular weight is 812 g/mol. The number of imidazole rings is 1.